The lowest BCUT2D eigenvalue weighted by molar-refractivity contribution is -0.118. The number of allylic oxidation sites excluding steroid dienone is 3. The van der Waals surface area contributed by atoms with Gasteiger partial charge < -0.3 is 5.73 Å². The molecule has 4 nitrogen and oxygen atoms in total. The topological polar surface area (TPSA) is 70.1 Å². The lowest BCUT2D eigenvalue weighted by atomic mass is 9.68. The van der Waals surface area contributed by atoms with Crippen LogP contribution in [0.3, 0.4) is 0 Å². The molecule has 0 amide bonds. The predicted octanol–water partition coefficient (Wildman–Crippen LogP) is 4.77. The van der Waals surface area contributed by atoms with E-state index in [1.54, 1.807) is 12.1 Å². The summed E-state index contributed by atoms with van der Waals surface area (Å²) < 4.78 is 13.5. The van der Waals surface area contributed by atoms with E-state index in [1.165, 1.54) is 12.1 Å². The monoisotopic (exact) mass is 387 g/mol. The van der Waals surface area contributed by atoms with Crippen LogP contribution in [0, 0.1) is 22.6 Å². The van der Waals surface area contributed by atoms with Crippen LogP contribution < -0.4 is 10.6 Å². The van der Waals surface area contributed by atoms with Gasteiger partial charge in [-0.2, -0.15) is 5.26 Å². The quantitative estimate of drug-likeness (QED) is 0.806. The Balaban J connectivity index is 1.99. The normalized spacial score (nSPS) is 21.1. The molecule has 0 saturated carbocycles. The van der Waals surface area contributed by atoms with Crippen molar-refractivity contribution in [3.05, 3.63) is 88.6 Å². The van der Waals surface area contributed by atoms with Gasteiger partial charge in [-0.25, -0.2) is 4.39 Å². The predicted molar refractivity (Wildman–Crippen MR) is 110 cm³/mol. The summed E-state index contributed by atoms with van der Waals surface area (Å²) in [7, 11) is 0. The molecular formula is C24H22FN3O. The molecule has 0 spiro atoms. The maximum Gasteiger partial charge on any atom is 0.162 e. The molecule has 0 unspecified atom stereocenters. The fourth-order valence-electron chi connectivity index (χ4n) is 4.37. The van der Waals surface area contributed by atoms with Crippen molar-refractivity contribution in [2.45, 2.75) is 32.6 Å². The Kier molecular flexibility index (Phi) is 4.50. The molecule has 2 aliphatic rings. The first-order valence-electron chi connectivity index (χ1n) is 9.59. The van der Waals surface area contributed by atoms with Gasteiger partial charge in [-0.15, -0.1) is 0 Å². The number of hydrogen-bond acceptors (Lipinski definition) is 4. The van der Waals surface area contributed by atoms with Gasteiger partial charge in [-0.3, -0.25) is 9.69 Å². The van der Waals surface area contributed by atoms with Gasteiger partial charge in [0, 0.05) is 23.4 Å². The molecule has 2 aromatic rings. The van der Waals surface area contributed by atoms with Crippen LogP contribution in [0.1, 0.15) is 38.2 Å². The van der Waals surface area contributed by atoms with E-state index in [2.05, 4.69) is 19.9 Å². The zero-order valence-electron chi connectivity index (χ0n) is 16.4. The van der Waals surface area contributed by atoms with Crippen LogP contribution in [-0.2, 0) is 4.79 Å². The maximum absolute atomic E-state index is 13.5. The number of Topliss-reactive ketones (excluding diaryl/α,β-unsaturated/α-hetero) is 1. The molecule has 29 heavy (non-hydrogen) atoms. The van der Waals surface area contributed by atoms with Gasteiger partial charge in [-0.05, 0) is 41.7 Å². The number of carbonyl (C=O) groups is 1. The Morgan fingerprint density at radius 2 is 1.76 bits per heavy atom. The lowest BCUT2D eigenvalue weighted by Gasteiger charge is -2.43. The van der Waals surface area contributed by atoms with Crippen LogP contribution in [-0.4, -0.2) is 5.78 Å². The highest BCUT2D eigenvalue weighted by molar-refractivity contribution is 6.01. The number of nitriles is 1. The maximum atomic E-state index is 13.5. The van der Waals surface area contributed by atoms with Crippen LogP contribution in [0.15, 0.2) is 77.3 Å². The van der Waals surface area contributed by atoms with Crippen LogP contribution >= 0.6 is 0 Å². The summed E-state index contributed by atoms with van der Waals surface area (Å²) >= 11 is 0. The highest BCUT2D eigenvalue weighted by Crippen LogP contribution is 2.50. The summed E-state index contributed by atoms with van der Waals surface area (Å²) in [5, 5.41) is 9.97. The van der Waals surface area contributed by atoms with Gasteiger partial charge in [0.15, 0.2) is 5.78 Å². The molecule has 0 bridgehead atoms. The zero-order valence-corrected chi connectivity index (χ0v) is 16.4. The highest BCUT2D eigenvalue weighted by atomic mass is 19.1. The molecule has 5 heteroatoms. The van der Waals surface area contributed by atoms with E-state index in [-0.39, 0.29) is 17.0 Å². The number of hydrogen-bond donors (Lipinski definition) is 1. The summed E-state index contributed by atoms with van der Waals surface area (Å²) in [6, 6.07) is 17.7. The number of carbonyl (C=O) groups excluding carboxylic acids is 1. The second kappa shape index (κ2) is 6.89. The first-order chi connectivity index (χ1) is 13.8. The van der Waals surface area contributed by atoms with Crippen LogP contribution in [0.5, 0.6) is 0 Å². The first kappa shape index (κ1) is 18.9. The molecule has 1 aliphatic heterocycles. The van der Waals surface area contributed by atoms with Crippen LogP contribution in [0.25, 0.3) is 0 Å². The SMILES string of the molecule is CC1(C)CC(=O)C2=C(C1)N(c1ccccc1)C(N)=C(C#N)[C@H]2c1ccc(F)cc1. The van der Waals surface area contributed by atoms with E-state index >= 15 is 0 Å². The van der Waals surface area contributed by atoms with Gasteiger partial charge in [-0.1, -0.05) is 44.2 Å². The molecule has 1 heterocycles. The van der Waals surface area contributed by atoms with E-state index in [4.69, 9.17) is 5.73 Å². The minimum Gasteiger partial charge on any atom is -0.384 e. The lowest BCUT2D eigenvalue weighted by Crippen LogP contribution is -2.42. The van der Waals surface area contributed by atoms with Crippen LogP contribution in [0.2, 0.25) is 0 Å². The van der Waals surface area contributed by atoms with Crippen molar-refractivity contribution in [2.75, 3.05) is 4.90 Å². The highest BCUT2D eigenvalue weighted by Gasteiger charge is 2.44. The Labute approximate surface area is 169 Å². The molecule has 2 aromatic carbocycles. The second-order valence-electron chi connectivity index (χ2n) is 8.37. The Morgan fingerprint density at radius 3 is 2.38 bits per heavy atom. The zero-order chi connectivity index (χ0) is 20.8. The van der Waals surface area contributed by atoms with Crippen molar-refractivity contribution in [1.29, 1.82) is 5.26 Å². The number of ketones is 1. The third-order valence-corrected chi connectivity index (χ3v) is 5.60. The number of benzene rings is 2. The first-order valence-corrected chi connectivity index (χ1v) is 9.59. The van der Waals surface area contributed by atoms with Crippen molar-refractivity contribution >= 4 is 11.5 Å². The molecule has 146 valence electrons. The van der Waals surface area contributed by atoms with Crippen molar-refractivity contribution in [3.63, 3.8) is 0 Å². The number of para-hydroxylation sites is 1. The third kappa shape index (κ3) is 3.21. The summed E-state index contributed by atoms with van der Waals surface area (Å²) in [4.78, 5) is 15.1. The van der Waals surface area contributed by atoms with E-state index in [0.717, 1.165) is 11.4 Å². The van der Waals surface area contributed by atoms with Gasteiger partial charge in [0.2, 0.25) is 0 Å². The molecule has 0 radical (unpaired) electrons. The minimum absolute atomic E-state index is 0.00626. The Hall–Kier alpha value is -3.39. The Morgan fingerprint density at radius 1 is 1.10 bits per heavy atom. The third-order valence-electron chi connectivity index (χ3n) is 5.60. The second-order valence-corrected chi connectivity index (χ2v) is 8.37. The van der Waals surface area contributed by atoms with Gasteiger partial charge in [0.25, 0.3) is 0 Å². The summed E-state index contributed by atoms with van der Waals surface area (Å²) in [6.45, 7) is 4.12. The number of halogens is 1. The molecule has 0 fully saturated rings. The smallest absolute Gasteiger partial charge is 0.162 e. The minimum atomic E-state index is -0.584. The summed E-state index contributed by atoms with van der Waals surface area (Å²) in [5.74, 6) is -0.626. The van der Waals surface area contributed by atoms with Gasteiger partial charge in [0.05, 0.1) is 17.6 Å². The Bertz CT molecular complexity index is 1080. The number of anilines is 1. The summed E-state index contributed by atoms with van der Waals surface area (Å²) in [5.41, 5.74) is 9.54. The van der Waals surface area contributed by atoms with Crippen LogP contribution in [0.4, 0.5) is 10.1 Å². The fourth-order valence-corrected chi connectivity index (χ4v) is 4.37. The van der Waals surface area contributed by atoms with Crippen molar-refractivity contribution in [1.82, 2.24) is 0 Å². The average Bonchev–Trinajstić information content (AvgIpc) is 2.67. The average molecular weight is 387 g/mol. The van der Waals surface area contributed by atoms with E-state index in [1.807, 2.05) is 35.2 Å². The standard InChI is InChI=1S/C24H22FN3O/c1-24(2)12-19-22(20(29)13-24)21(15-8-10-16(25)11-9-15)18(14-26)23(27)28(19)17-6-4-3-5-7-17/h3-11,21H,12-13,27H2,1-2H3/t21-/m1/s1. The van der Waals surface area contributed by atoms with Gasteiger partial charge >= 0.3 is 0 Å². The van der Waals surface area contributed by atoms with Crippen molar-refractivity contribution in [2.24, 2.45) is 11.1 Å². The van der Waals surface area contributed by atoms with Crippen molar-refractivity contribution < 1.29 is 9.18 Å². The summed E-state index contributed by atoms with van der Waals surface area (Å²) in [6.07, 6.45) is 1.05. The molecule has 0 saturated heterocycles. The molecule has 4 rings (SSSR count). The molecule has 1 aliphatic carbocycles. The molecule has 1 atom stereocenters. The largest absolute Gasteiger partial charge is 0.384 e. The van der Waals surface area contributed by atoms with E-state index in [0.29, 0.717) is 35.4 Å². The number of nitrogens with two attached hydrogens (primary N) is 1. The fraction of sp³-hybridized carbons (Fsp3) is 0.250. The number of nitrogens with zero attached hydrogens (tertiary/aromatic N) is 2. The molecule has 0 aromatic heterocycles. The number of rotatable bonds is 2. The molecular weight excluding hydrogens is 365 g/mol. The van der Waals surface area contributed by atoms with E-state index in [9.17, 15) is 14.4 Å². The molecule has 2 N–H and O–H groups in total. The van der Waals surface area contributed by atoms with Crippen molar-refractivity contribution in [3.8, 4) is 6.07 Å². The van der Waals surface area contributed by atoms with E-state index < -0.39 is 5.92 Å². The van der Waals surface area contributed by atoms with Gasteiger partial charge in [0.1, 0.15) is 11.6 Å².